The molecule has 72 valence electrons. The smallest absolute Gasteiger partial charge is 0.169 e. The van der Waals surface area contributed by atoms with Crippen LogP contribution < -0.4 is 5.73 Å². The summed E-state index contributed by atoms with van der Waals surface area (Å²) in [6.45, 7) is 8.48. The topological polar surface area (TPSA) is 68.3 Å². The molecule has 0 aliphatic carbocycles. The van der Waals surface area contributed by atoms with Crippen LogP contribution in [-0.4, -0.2) is 31.9 Å². The predicted octanol–water partition coefficient (Wildman–Crippen LogP) is 0.765. The molecular weight excluding hydrogens is 156 g/mol. The maximum Gasteiger partial charge on any atom is 0.169 e. The molecule has 3 N–H and O–H groups in total. The normalized spacial score (nSPS) is 8.67. The second kappa shape index (κ2) is 13.0. The van der Waals surface area contributed by atoms with Gasteiger partial charge in [-0.25, -0.2) is 0 Å². The zero-order valence-corrected chi connectivity index (χ0v) is 7.80. The van der Waals surface area contributed by atoms with Gasteiger partial charge in [0.05, 0.1) is 0 Å². The van der Waals surface area contributed by atoms with Crippen molar-refractivity contribution >= 4 is 5.87 Å². The molecular formula is C8H18N2O2. The minimum absolute atomic E-state index is 0.208. The van der Waals surface area contributed by atoms with Gasteiger partial charge in [0.15, 0.2) is 6.29 Å². The third-order valence-electron chi connectivity index (χ3n) is 0.898. The number of ether oxygens (including phenoxy) is 2. The summed E-state index contributed by atoms with van der Waals surface area (Å²) in [5, 5.41) is 5.85. The highest BCUT2D eigenvalue weighted by Gasteiger charge is 2.01. The number of nitrogens with one attached hydrogen (secondary N) is 1. The van der Waals surface area contributed by atoms with Crippen LogP contribution in [0.2, 0.25) is 0 Å². The lowest BCUT2D eigenvalue weighted by molar-refractivity contribution is -0.128. The van der Waals surface area contributed by atoms with E-state index < -0.39 is 0 Å². The molecule has 4 nitrogen and oxygen atoms in total. The van der Waals surface area contributed by atoms with Gasteiger partial charge >= 0.3 is 0 Å². The Morgan fingerprint density at radius 1 is 1.42 bits per heavy atom. The first-order valence-corrected chi connectivity index (χ1v) is 3.88. The first-order valence-electron chi connectivity index (χ1n) is 3.88. The highest BCUT2D eigenvalue weighted by molar-refractivity contribution is 5.41. The van der Waals surface area contributed by atoms with E-state index in [9.17, 15) is 0 Å². The molecule has 0 aromatic heterocycles. The van der Waals surface area contributed by atoms with Crippen molar-refractivity contribution in [2.75, 3.05) is 19.8 Å². The van der Waals surface area contributed by atoms with Gasteiger partial charge in [-0.3, -0.25) is 5.41 Å². The van der Waals surface area contributed by atoms with E-state index in [1.165, 1.54) is 0 Å². The minimum atomic E-state index is -0.208. The molecule has 0 amide bonds. The molecule has 0 bridgehead atoms. The van der Waals surface area contributed by atoms with E-state index in [0.29, 0.717) is 19.8 Å². The van der Waals surface area contributed by atoms with Gasteiger partial charge in [-0.2, -0.15) is 0 Å². The van der Waals surface area contributed by atoms with E-state index in [0.717, 1.165) is 0 Å². The minimum Gasteiger partial charge on any atom is -0.352 e. The maximum absolute atomic E-state index is 5.85. The van der Waals surface area contributed by atoms with Gasteiger partial charge in [0, 0.05) is 19.8 Å². The zero-order valence-electron chi connectivity index (χ0n) is 7.80. The fourth-order valence-corrected chi connectivity index (χ4v) is 0.556. The van der Waals surface area contributed by atoms with Crippen molar-refractivity contribution in [3.8, 4) is 0 Å². The number of hydrogen-bond acceptors (Lipinski definition) is 4. The molecule has 0 saturated carbocycles. The monoisotopic (exact) mass is 174 g/mol. The molecule has 0 aliphatic rings. The molecule has 0 aromatic rings. The molecule has 0 spiro atoms. The first kappa shape index (κ1) is 13.9. The first-order chi connectivity index (χ1) is 5.76. The average molecular weight is 174 g/mol. The van der Waals surface area contributed by atoms with Crippen molar-refractivity contribution in [3.05, 3.63) is 6.58 Å². The third-order valence-corrected chi connectivity index (χ3v) is 0.898. The van der Waals surface area contributed by atoms with Gasteiger partial charge in [0.2, 0.25) is 0 Å². The van der Waals surface area contributed by atoms with Crippen LogP contribution in [-0.2, 0) is 9.47 Å². The van der Waals surface area contributed by atoms with Gasteiger partial charge in [0.1, 0.15) is 0 Å². The number of rotatable bonds is 5. The fourth-order valence-electron chi connectivity index (χ4n) is 0.556. The van der Waals surface area contributed by atoms with Crippen molar-refractivity contribution < 1.29 is 9.47 Å². The van der Waals surface area contributed by atoms with E-state index in [1.54, 1.807) is 5.87 Å². The summed E-state index contributed by atoms with van der Waals surface area (Å²) in [4.78, 5) is 0. The highest BCUT2D eigenvalue weighted by atomic mass is 16.7. The zero-order chi connectivity index (χ0) is 9.82. The van der Waals surface area contributed by atoms with E-state index in [1.807, 2.05) is 13.8 Å². The van der Waals surface area contributed by atoms with Crippen molar-refractivity contribution in [3.63, 3.8) is 0 Å². The van der Waals surface area contributed by atoms with E-state index >= 15 is 0 Å². The lowest BCUT2D eigenvalue weighted by Gasteiger charge is -2.13. The van der Waals surface area contributed by atoms with Gasteiger partial charge in [0.25, 0.3) is 0 Å². The van der Waals surface area contributed by atoms with Crippen LogP contribution in [0.25, 0.3) is 0 Å². The Kier molecular flexibility index (Phi) is 15.0. The Bertz CT molecular complexity index is 106. The van der Waals surface area contributed by atoms with E-state index in [2.05, 4.69) is 6.58 Å². The van der Waals surface area contributed by atoms with Gasteiger partial charge < -0.3 is 15.2 Å². The van der Waals surface area contributed by atoms with Crippen LogP contribution in [0.3, 0.4) is 0 Å². The maximum atomic E-state index is 5.85. The summed E-state index contributed by atoms with van der Waals surface area (Å²) in [5.41, 5.74) is 5.29. The quantitative estimate of drug-likeness (QED) is 0.477. The molecule has 0 unspecified atom stereocenters. The van der Waals surface area contributed by atoms with Crippen LogP contribution in [0.5, 0.6) is 0 Å². The summed E-state index contributed by atoms with van der Waals surface area (Å²) >= 11 is 0. The lowest BCUT2D eigenvalue weighted by atomic mass is 10.6. The highest BCUT2D eigenvalue weighted by Crippen LogP contribution is 1.90. The third kappa shape index (κ3) is 12.0. The Morgan fingerprint density at radius 2 is 1.75 bits per heavy atom. The summed E-state index contributed by atoms with van der Waals surface area (Å²) in [6.07, 6.45) is -0.208. The summed E-state index contributed by atoms with van der Waals surface area (Å²) in [6, 6.07) is 0. The number of nitrogens with two attached hydrogens (primary N) is 1. The summed E-state index contributed by atoms with van der Waals surface area (Å²) < 4.78 is 10.2. The molecule has 0 atom stereocenters. The van der Waals surface area contributed by atoms with Crippen LogP contribution >= 0.6 is 0 Å². The molecule has 0 heterocycles. The Morgan fingerprint density at radius 3 is 1.92 bits per heavy atom. The van der Waals surface area contributed by atoms with Gasteiger partial charge in [-0.05, 0) is 26.3 Å². The number of hydrogen-bond donors (Lipinski definition) is 2. The molecule has 4 heteroatoms. The van der Waals surface area contributed by atoms with E-state index in [4.69, 9.17) is 20.6 Å². The Hall–Kier alpha value is -0.670. The molecule has 0 rings (SSSR count). The van der Waals surface area contributed by atoms with Crippen LogP contribution in [0.4, 0.5) is 0 Å². The van der Waals surface area contributed by atoms with Crippen molar-refractivity contribution in [1.82, 2.24) is 0 Å². The summed E-state index contributed by atoms with van der Waals surface area (Å²) in [5.74, 6) is 1.75. The molecule has 0 fully saturated rings. The van der Waals surface area contributed by atoms with Crippen LogP contribution in [0.15, 0.2) is 6.58 Å². The Labute approximate surface area is 73.9 Å². The largest absolute Gasteiger partial charge is 0.352 e. The van der Waals surface area contributed by atoms with Crippen molar-refractivity contribution in [2.45, 2.75) is 20.1 Å². The summed E-state index contributed by atoms with van der Waals surface area (Å²) in [7, 11) is 0. The molecule has 0 aromatic carbocycles. The van der Waals surface area contributed by atoms with Crippen LogP contribution in [0, 0.1) is 5.41 Å². The second-order valence-corrected chi connectivity index (χ2v) is 1.75. The predicted molar refractivity (Wildman–Crippen MR) is 49.4 cm³/mol. The SMILES string of the molecule is C=C=N.CCOC(CN)OCC. The molecule has 0 saturated heterocycles. The standard InChI is InChI=1S/C6H15NO2.C2H3N/c1-3-8-6(5-7)9-4-2;1-2-3/h6H,3-5,7H2,1-2H3;3H,1H2. The van der Waals surface area contributed by atoms with Crippen molar-refractivity contribution in [2.24, 2.45) is 5.73 Å². The fraction of sp³-hybridized carbons (Fsp3) is 0.750. The average Bonchev–Trinajstić information content (AvgIpc) is 2.05. The van der Waals surface area contributed by atoms with Gasteiger partial charge in [-0.15, -0.1) is 0 Å². The molecule has 0 radical (unpaired) electrons. The van der Waals surface area contributed by atoms with E-state index in [-0.39, 0.29) is 6.29 Å². The lowest BCUT2D eigenvalue weighted by Crippen LogP contribution is -2.26. The molecule has 0 aliphatic heterocycles. The van der Waals surface area contributed by atoms with Crippen LogP contribution in [0.1, 0.15) is 13.8 Å². The van der Waals surface area contributed by atoms with Gasteiger partial charge in [-0.1, -0.05) is 0 Å². The second-order valence-electron chi connectivity index (χ2n) is 1.75. The Balaban J connectivity index is 0. The molecule has 12 heavy (non-hydrogen) atoms. The van der Waals surface area contributed by atoms with Crippen molar-refractivity contribution in [1.29, 1.82) is 5.41 Å².